The largest absolute Gasteiger partial charge is 0.382 e. The van der Waals surface area contributed by atoms with Gasteiger partial charge in [0.15, 0.2) is 5.78 Å². The van der Waals surface area contributed by atoms with E-state index in [1.54, 1.807) is 12.1 Å². The van der Waals surface area contributed by atoms with E-state index in [0.29, 0.717) is 5.56 Å². The van der Waals surface area contributed by atoms with E-state index in [0.717, 1.165) is 5.69 Å². The fraction of sp³-hybridized carbons (Fsp3) is 0.400. The maximum absolute atomic E-state index is 11.5. The molecule has 1 aromatic heterocycles. The summed E-state index contributed by atoms with van der Waals surface area (Å²) in [7, 11) is 0. The fourth-order valence-corrected chi connectivity index (χ4v) is 0.955. The van der Waals surface area contributed by atoms with Gasteiger partial charge in [-0.15, -0.1) is 0 Å². The van der Waals surface area contributed by atoms with Crippen LogP contribution in [0, 0.1) is 6.92 Å². The van der Waals surface area contributed by atoms with Gasteiger partial charge in [-0.2, -0.15) is 0 Å². The van der Waals surface area contributed by atoms with Gasteiger partial charge in [-0.1, -0.05) is 0 Å². The lowest BCUT2D eigenvalue weighted by Crippen LogP contribution is -2.31. The Morgan fingerprint density at radius 1 is 1.46 bits per heavy atom. The Morgan fingerprint density at radius 3 is 2.46 bits per heavy atom. The van der Waals surface area contributed by atoms with E-state index in [1.165, 1.54) is 20.0 Å². The number of hydrogen-bond donors (Lipinski definition) is 1. The summed E-state index contributed by atoms with van der Waals surface area (Å²) in [4.78, 5) is 15.5. The first kappa shape index (κ1) is 9.86. The second-order valence-corrected chi connectivity index (χ2v) is 3.58. The van der Waals surface area contributed by atoms with Crippen molar-refractivity contribution < 1.29 is 9.90 Å². The fourth-order valence-electron chi connectivity index (χ4n) is 0.955. The van der Waals surface area contributed by atoms with Crippen LogP contribution in [0.3, 0.4) is 0 Å². The maximum Gasteiger partial charge on any atom is 0.195 e. The molecule has 0 atom stereocenters. The Bertz CT molecular complexity index is 309. The molecule has 0 unspecified atom stereocenters. The highest BCUT2D eigenvalue weighted by molar-refractivity contribution is 6.01. The van der Waals surface area contributed by atoms with Crippen LogP contribution in [-0.4, -0.2) is 21.5 Å². The van der Waals surface area contributed by atoms with Crippen LogP contribution in [0.2, 0.25) is 0 Å². The number of rotatable bonds is 2. The number of aliphatic hydroxyl groups is 1. The zero-order valence-corrected chi connectivity index (χ0v) is 8.03. The first-order chi connectivity index (χ1) is 5.91. The van der Waals surface area contributed by atoms with Crippen LogP contribution in [0.25, 0.3) is 0 Å². The lowest BCUT2D eigenvalue weighted by atomic mass is 9.98. The lowest BCUT2D eigenvalue weighted by molar-refractivity contribution is 0.0487. The van der Waals surface area contributed by atoms with Crippen molar-refractivity contribution >= 4 is 5.78 Å². The van der Waals surface area contributed by atoms with Gasteiger partial charge >= 0.3 is 0 Å². The van der Waals surface area contributed by atoms with Gasteiger partial charge in [-0.25, -0.2) is 0 Å². The minimum atomic E-state index is -1.32. The molecule has 3 heteroatoms. The van der Waals surface area contributed by atoms with Crippen molar-refractivity contribution in [1.29, 1.82) is 0 Å². The van der Waals surface area contributed by atoms with E-state index >= 15 is 0 Å². The second kappa shape index (κ2) is 3.26. The van der Waals surface area contributed by atoms with Crippen molar-refractivity contribution in [2.75, 3.05) is 0 Å². The number of aryl methyl sites for hydroxylation is 1. The van der Waals surface area contributed by atoms with Crippen LogP contribution in [0.5, 0.6) is 0 Å². The summed E-state index contributed by atoms with van der Waals surface area (Å²) < 4.78 is 0. The van der Waals surface area contributed by atoms with E-state index in [1.807, 2.05) is 6.92 Å². The van der Waals surface area contributed by atoms with E-state index in [9.17, 15) is 9.90 Å². The third-order valence-corrected chi connectivity index (χ3v) is 1.73. The molecule has 0 fully saturated rings. The molecule has 0 aliphatic heterocycles. The zero-order chi connectivity index (χ0) is 10.1. The topological polar surface area (TPSA) is 50.2 Å². The molecule has 1 rings (SSSR count). The van der Waals surface area contributed by atoms with Crippen LogP contribution in [0.15, 0.2) is 18.3 Å². The van der Waals surface area contributed by atoms with Gasteiger partial charge in [0.25, 0.3) is 0 Å². The van der Waals surface area contributed by atoms with Gasteiger partial charge in [0.1, 0.15) is 5.60 Å². The number of pyridine rings is 1. The second-order valence-electron chi connectivity index (χ2n) is 3.58. The molecule has 0 aliphatic rings. The van der Waals surface area contributed by atoms with Crippen LogP contribution >= 0.6 is 0 Å². The average Bonchev–Trinajstić information content (AvgIpc) is 2.03. The van der Waals surface area contributed by atoms with Crippen LogP contribution < -0.4 is 0 Å². The smallest absolute Gasteiger partial charge is 0.195 e. The van der Waals surface area contributed by atoms with Gasteiger partial charge in [-0.3, -0.25) is 9.78 Å². The predicted octanol–water partition coefficient (Wildman–Crippen LogP) is 1.34. The highest BCUT2D eigenvalue weighted by Crippen LogP contribution is 2.11. The normalized spacial score (nSPS) is 11.4. The highest BCUT2D eigenvalue weighted by atomic mass is 16.3. The molecule has 1 aromatic rings. The molecule has 0 aliphatic carbocycles. The molecule has 13 heavy (non-hydrogen) atoms. The third kappa shape index (κ3) is 2.36. The Morgan fingerprint density at radius 2 is 2.08 bits per heavy atom. The first-order valence-corrected chi connectivity index (χ1v) is 4.11. The predicted molar refractivity (Wildman–Crippen MR) is 49.6 cm³/mol. The third-order valence-electron chi connectivity index (χ3n) is 1.73. The summed E-state index contributed by atoms with van der Waals surface area (Å²) in [5, 5.41) is 9.43. The van der Waals surface area contributed by atoms with E-state index < -0.39 is 5.60 Å². The van der Waals surface area contributed by atoms with E-state index in [4.69, 9.17) is 0 Å². The number of carbonyl (C=O) groups excluding carboxylic acids is 1. The first-order valence-electron chi connectivity index (χ1n) is 4.11. The summed E-state index contributed by atoms with van der Waals surface area (Å²) in [5.41, 5.74) is -0.0258. The molecular weight excluding hydrogens is 166 g/mol. The number of aromatic nitrogens is 1. The standard InChI is InChI=1S/C10H13NO2/c1-7-4-5-8(6-11-7)9(12)10(2,3)13/h4-6,13H,1-3H3. The van der Waals surface area contributed by atoms with Crippen molar-refractivity contribution in [3.8, 4) is 0 Å². The van der Waals surface area contributed by atoms with E-state index in [-0.39, 0.29) is 5.78 Å². The minimum absolute atomic E-state index is 0.306. The zero-order valence-electron chi connectivity index (χ0n) is 8.03. The van der Waals surface area contributed by atoms with Gasteiger partial charge in [0, 0.05) is 17.5 Å². The van der Waals surface area contributed by atoms with Gasteiger partial charge in [0.05, 0.1) is 0 Å². The van der Waals surface area contributed by atoms with Crippen molar-refractivity contribution in [2.24, 2.45) is 0 Å². The average molecular weight is 179 g/mol. The molecule has 0 saturated carbocycles. The lowest BCUT2D eigenvalue weighted by Gasteiger charge is -2.14. The van der Waals surface area contributed by atoms with Gasteiger partial charge in [0.2, 0.25) is 0 Å². The molecule has 0 radical (unpaired) electrons. The van der Waals surface area contributed by atoms with Crippen LogP contribution in [0.4, 0.5) is 0 Å². The summed E-state index contributed by atoms with van der Waals surface area (Å²) >= 11 is 0. The molecular formula is C10H13NO2. The molecule has 0 aromatic carbocycles. The molecule has 1 heterocycles. The van der Waals surface area contributed by atoms with Crippen LogP contribution in [0.1, 0.15) is 29.9 Å². The molecule has 70 valence electrons. The Hall–Kier alpha value is -1.22. The summed E-state index contributed by atoms with van der Waals surface area (Å²) in [5.74, 6) is -0.306. The summed E-state index contributed by atoms with van der Waals surface area (Å²) in [6.07, 6.45) is 1.48. The Labute approximate surface area is 77.4 Å². The summed E-state index contributed by atoms with van der Waals surface area (Å²) in [6.45, 7) is 4.78. The number of Topliss-reactive ketones (excluding diaryl/α,β-unsaturated/α-hetero) is 1. The van der Waals surface area contributed by atoms with Crippen molar-refractivity contribution in [1.82, 2.24) is 4.98 Å². The van der Waals surface area contributed by atoms with Crippen molar-refractivity contribution in [3.05, 3.63) is 29.6 Å². The quantitative estimate of drug-likeness (QED) is 0.697. The van der Waals surface area contributed by atoms with Gasteiger partial charge in [-0.05, 0) is 32.9 Å². The molecule has 0 bridgehead atoms. The molecule has 1 N–H and O–H groups in total. The monoisotopic (exact) mass is 179 g/mol. The maximum atomic E-state index is 11.5. The number of ketones is 1. The molecule has 0 spiro atoms. The number of carbonyl (C=O) groups is 1. The number of hydrogen-bond acceptors (Lipinski definition) is 3. The minimum Gasteiger partial charge on any atom is -0.382 e. The highest BCUT2D eigenvalue weighted by Gasteiger charge is 2.25. The Kier molecular flexibility index (Phi) is 2.48. The van der Waals surface area contributed by atoms with Crippen molar-refractivity contribution in [2.45, 2.75) is 26.4 Å². The molecule has 3 nitrogen and oxygen atoms in total. The Balaban J connectivity index is 2.97. The SMILES string of the molecule is Cc1ccc(C(=O)C(C)(C)O)cn1. The molecule has 0 saturated heterocycles. The number of nitrogens with zero attached hydrogens (tertiary/aromatic N) is 1. The summed E-state index contributed by atoms with van der Waals surface area (Å²) in [6, 6.07) is 3.42. The van der Waals surface area contributed by atoms with E-state index in [2.05, 4.69) is 4.98 Å². The van der Waals surface area contributed by atoms with Crippen LogP contribution in [-0.2, 0) is 0 Å². The van der Waals surface area contributed by atoms with Gasteiger partial charge < -0.3 is 5.11 Å². The molecule has 0 amide bonds. The van der Waals surface area contributed by atoms with Crippen molar-refractivity contribution in [3.63, 3.8) is 0 Å².